The zero-order valence-electron chi connectivity index (χ0n) is 9.19. The van der Waals surface area contributed by atoms with Crippen LogP contribution in [-0.4, -0.2) is 24.4 Å². The van der Waals surface area contributed by atoms with Gasteiger partial charge in [0.2, 0.25) is 0 Å². The number of nitrogens with one attached hydrogen (secondary N) is 2. The topological polar surface area (TPSA) is 74.8 Å². The summed E-state index contributed by atoms with van der Waals surface area (Å²) >= 11 is 0. The molecule has 0 aliphatic rings. The van der Waals surface area contributed by atoms with Crippen LogP contribution < -0.4 is 4.72 Å². The van der Waals surface area contributed by atoms with Crippen molar-refractivity contribution in [3.63, 3.8) is 0 Å². The molecule has 0 aliphatic carbocycles. The SMILES string of the molecule is CCC(NS(=O)(=O)c1cnc[nH]1)C(C)C. The van der Waals surface area contributed by atoms with Crippen molar-refractivity contribution in [2.24, 2.45) is 5.92 Å². The molecule has 5 nitrogen and oxygen atoms in total. The van der Waals surface area contributed by atoms with Gasteiger partial charge in [-0.2, -0.15) is 0 Å². The van der Waals surface area contributed by atoms with Gasteiger partial charge in [-0.3, -0.25) is 0 Å². The van der Waals surface area contributed by atoms with E-state index in [0.29, 0.717) is 0 Å². The number of sulfonamides is 1. The first-order valence-electron chi connectivity index (χ1n) is 4.98. The highest BCUT2D eigenvalue weighted by Crippen LogP contribution is 2.10. The Labute approximate surface area is 90.4 Å². The molecule has 1 heterocycles. The van der Waals surface area contributed by atoms with Gasteiger partial charge in [-0.25, -0.2) is 18.1 Å². The minimum atomic E-state index is -3.44. The number of rotatable bonds is 5. The largest absolute Gasteiger partial charge is 0.335 e. The Morgan fingerprint density at radius 1 is 1.53 bits per heavy atom. The van der Waals surface area contributed by atoms with Gasteiger partial charge in [-0.1, -0.05) is 20.8 Å². The van der Waals surface area contributed by atoms with E-state index in [2.05, 4.69) is 14.7 Å². The van der Waals surface area contributed by atoms with E-state index in [-0.39, 0.29) is 17.0 Å². The molecule has 2 N–H and O–H groups in total. The Balaban J connectivity index is 2.81. The third-order valence-corrected chi connectivity index (χ3v) is 3.73. The molecular weight excluding hydrogens is 214 g/mol. The van der Waals surface area contributed by atoms with Crippen LogP contribution in [0.25, 0.3) is 0 Å². The normalized spacial score (nSPS) is 14.4. The lowest BCUT2D eigenvalue weighted by Crippen LogP contribution is -2.38. The summed E-state index contributed by atoms with van der Waals surface area (Å²) in [5.74, 6) is 0.271. The third kappa shape index (κ3) is 3.04. The summed E-state index contributed by atoms with van der Waals surface area (Å²) in [6, 6.07) is -0.0432. The molecule has 1 unspecified atom stereocenters. The average molecular weight is 231 g/mol. The Kier molecular flexibility index (Phi) is 3.87. The van der Waals surface area contributed by atoms with Crippen LogP contribution in [0.3, 0.4) is 0 Å². The summed E-state index contributed by atoms with van der Waals surface area (Å²) in [4.78, 5) is 6.28. The maximum Gasteiger partial charge on any atom is 0.257 e. The highest BCUT2D eigenvalue weighted by Gasteiger charge is 2.21. The van der Waals surface area contributed by atoms with Gasteiger partial charge in [0.1, 0.15) is 0 Å². The number of imidazole rings is 1. The van der Waals surface area contributed by atoms with Crippen molar-refractivity contribution >= 4 is 10.0 Å². The van der Waals surface area contributed by atoms with E-state index < -0.39 is 10.0 Å². The Bertz CT molecular complexity index is 383. The molecule has 0 spiro atoms. The highest BCUT2D eigenvalue weighted by atomic mass is 32.2. The van der Waals surface area contributed by atoms with Crippen molar-refractivity contribution in [2.75, 3.05) is 0 Å². The molecule has 0 aliphatic heterocycles. The number of hydrogen-bond donors (Lipinski definition) is 2. The summed E-state index contributed by atoms with van der Waals surface area (Å²) in [6.07, 6.45) is 3.42. The first-order chi connectivity index (χ1) is 6.97. The predicted octanol–water partition coefficient (Wildman–Crippen LogP) is 1.12. The smallest absolute Gasteiger partial charge is 0.257 e. The molecule has 0 saturated heterocycles. The molecule has 0 amide bonds. The first-order valence-corrected chi connectivity index (χ1v) is 6.46. The van der Waals surface area contributed by atoms with Crippen LogP contribution in [0.1, 0.15) is 27.2 Å². The van der Waals surface area contributed by atoms with Gasteiger partial charge in [-0.05, 0) is 12.3 Å². The molecule has 0 aromatic carbocycles. The van der Waals surface area contributed by atoms with Gasteiger partial charge in [0.15, 0.2) is 5.03 Å². The van der Waals surface area contributed by atoms with Crippen LogP contribution in [0.4, 0.5) is 0 Å². The average Bonchev–Trinajstić information content (AvgIpc) is 2.67. The fourth-order valence-corrected chi connectivity index (χ4v) is 2.72. The van der Waals surface area contributed by atoms with Gasteiger partial charge in [-0.15, -0.1) is 0 Å². The summed E-state index contributed by atoms with van der Waals surface area (Å²) in [7, 11) is -3.44. The molecule has 1 atom stereocenters. The van der Waals surface area contributed by atoms with Crippen LogP contribution in [0.15, 0.2) is 17.6 Å². The number of aromatic nitrogens is 2. The van der Waals surface area contributed by atoms with Gasteiger partial charge in [0.25, 0.3) is 10.0 Å². The second-order valence-electron chi connectivity index (χ2n) is 3.80. The van der Waals surface area contributed by atoms with Crippen molar-refractivity contribution in [3.05, 3.63) is 12.5 Å². The number of aromatic amines is 1. The van der Waals surface area contributed by atoms with E-state index in [1.54, 1.807) is 0 Å². The zero-order chi connectivity index (χ0) is 11.5. The van der Waals surface area contributed by atoms with Gasteiger partial charge >= 0.3 is 0 Å². The first kappa shape index (κ1) is 12.2. The van der Waals surface area contributed by atoms with Crippen molar-refractivity contribution in [1.82, 2.24) is 14.7 Å². The van der Waals surface area contributed by atoms with Crippen molar-refractivity contribution < 1.29 is 8.42 Å². The van der Waals surface area contributed by atoms with Gasteiger partial charge < -0.3 is 4.98 Å². The third-order valence-electron chi connectivity index (χ3n) is 2.31. The highest BCUT2D eigenvalue weighted by molar-refractivity contribution is 7.89. The number of H-pyrrole nitrogens is 1. The van der Waals surface area contributed by atoms with E-state index in [4.69, 9.17) is 0 Å². The van der Waals surface area contributed by atoms with E-state index in [1.807, 2.05) is 20.8 Å². The Morgan fingerprint density at radius 3 is 2.60 bits per heavy atom. The van der Waals surface area contributed by atoms with Crippen LogP contribution in [-0.2, 0) is 10.0 Å². The van der Waals surface area contributed by atoms with Crippen molar-refractivity contribution in [2.45, 2.75) is 38.3 Å². The zero-order valence-corrected chi connectivity index (χ0v) is 10.0. The molecule has 0 fully saturated rings. The fraction of sp³-hybridized carbons (Fsp3) is 0.667. The quantitative estimate of drug-likeness (QED) is 0.797. The second-order valence-corrected chi connectivity index (χ2v) is 5.48. The fourth-order valence-electron chi connectivity index (χ4n) is 1.34. The van der Waals surface area contributed by atoms with Gasteiger partial charge in [0, 0.05) is 6.04 Å². The van der Waals surface area contributed by atoms with Crippen molar-refractivity contribution in [3.8, 4) is 0 Å². The lowest BCUT2D eigenvalue weighted by atomic mass is 10.0. The van der Waals surface area contributed by atoms with Crippen LogP contribution in [0.5, 0.6) is 0 Å². The standard InChI is InChI=1S/C9H17N3O2S/c1-4-8(7(2)3)12-15(13,14)9-5-10-6-11-9/h5-8,12H,4H2,1-3H3,(H,10,11). The molecule has 15 heavy (non-hydrogen) atoms. The van der Waals surface area contributed by atoms with E-state index in [9.17, 15) is 8.42 Å². The van der Waals surface area contributed by atoms with E-state index >= 15 is 0 Å². The molecule has 1 aromatic heterocycles. The van der Waals surface area contributed by atoms with Crippen LogP contribution in [0.2, 0.25) is 0 Å². The number of hydrogen-bond acceptors (Lipinski definition) is 3. The molecule has 6 heteroatoms. The maximum atomic E-state index is 11.8. The summed E-state index contributed by atoms with van der Waals surface area (Å²) < 4.78 is 26.2. The molecule has 0 radical (unpaired) electrons. The molecule has 1 aromatic rings. The van der Waals surface area contributed by atoms with Crippen LogP contribution in [0, 0.1) is 5.92 Å². The monoisotopic (exact) mass is 231 g/mol. The second kappa shape index (κ2) is 4.76. The lowest BCUT2D eigenvalue weighted by Gasteiger charge is -2.19. The van der Waals surface area contributed by atoms with E-state index in [1.165, 1.54) is 12.5 Å². The summed E-state index contributed by atoms with van der Waals surface area (Å²) in [6.45, 7) is 5.94. The predicted molar refractivity (Wildman–Crippen MR) is 57.8 cm³/mol. The van der Waals surface area contributed by atoms with Crippen molar-refractivity contribution in [1.29, 1.82) is 0 Å². The molecular formula is C9H17N3O2S. The Morgan fingerprint density at radius 2 is 2.20 bits per heavy atom. The Hall–Kier alpha value is -0.880. The minimum absolute atomic E-state index is 0.0432. The number of nitrogens with zero attached hydrogens (tertiary/aromatic N) is 1. The van der Waals surface area contributed by atoms with Gasteiger partial charge in [0.05, 0.1) is 12.5 Å². The maximum absolute atomic E-state index is 11.8. The minimum Gasteiger partial charge on any atom is -0.335 e. The molecule has 0 saturated carbocycles. The van der Waals surface area contributed by atoms with E-state index in [0.717, 1.165) is 6.42 Å². The molecule has 0 bridgehead atoms. The molecule has 86 valence electrons. The molecule has 1 rings (SSSR count). The van der Waals surface area contributed by atoms with Crippen LogP contribution >= 0.6 is 0 Å². The summed E-state index contributed by atoms with van der Waals surface area (Å²) in [5, 5.41) is 0.113. The summed E-state index contributed by atoms with van der Waals surface area (Å²) in [5.41, 5.74) is 0. The lowest BCUT2D eigenvalue weighted by molar-refractivity contribution is 0.436.